The topological polar surface area (TPSA) is 51.2 Å². The van der Waals surface area contributed by atoms with Crippen LogP contribution < -0.4 is 10.1 Å². The fraction of sp³-hybridized carbons (Fsp3) is 0.0435. The molecule has 4 aromatic rings. The van der Waals surface area contributed by atoms with Gasteiger partial charge in [0.05, 0.1) is 15.7 Å². The number of nitrogens with zero attached hydrogens (tertiary/aromatic N) is 1. The maximum atomic E-state index is 12.4. The van der Waals surface area contributed by atoms with Gasteiger partial charge >= 0.3 is 0 Å². The van der Waals surface area contributed by atoms with Crippen molar-refractivity contribution in [1.29, 1.82) is 0 Å². The maximum Gasteiger partial charge on any atom is 0.264 e. The highest BCUT2D eigenvalue weighted by atomic mass is 35.5. The van der Waals surface area contributed by atoms with Crippen LogP contribution in [0.3, 0.4) is 0 Å². The minimum atomic E-state index is -0.284. The fourth-order valence-corrected chi connectivity index (χ4v) is 3.90. The lowest BCUT2D eigenvalue weighted by molar-refractivity contribution is -0.118. The van der Waals surface area contributed by atoms with Crippen molar-refractivity contribution in [2.45, 2.75) is 0 Å². The van der Waals surface area contributed by atoms with Gasteiger partial charge in [0.15, 0.2) is 11.7 Å². The summed E-state index contributed by atoms with van der Waals surface area (Å²) in [5.74, 6) is 0.363. The summed E-state index contributed by atoms with van der Waals surface area (Å²) in [6.07, 6.45) is 0. The van der Waals surface area contributed by atoms with Gasteiger partial charge in [-0.15, -0.1) is 11.3 Å². The van der Waals surface area contributed by atoms with E-state index >= 15 is 0 Å². The number of benzene rings is 3. The number of nitrogens with one attached hydrogen (secondary N) is 1. The van der Waals surface area contributed by atoms with Crippen LogP contribution in [0.2, 0.25) is 10.0 Å². The molecule has 4 rings (SSSR count). The summed E-state index contributed by atoms with van der Waals surface area (Å²) in [7, 11) is 0. The van der Waals surface area contributed by atoms with Crippen molar-refractivity contribution in [2.24, 2.45) is 0 Å². The fourth-order valence-electron chi connectivity index (χ4n) is 2.87. The molecular weight excluding hydrogens is 439 g/mol. The highest BCUT2D eigenvalue weighted by Crippen LogP contribution is 2.31. The Bertz CT molecular complexity index is 1180. The first-order chi connectivity index (χ1) is 14.6. The number of thiazole rings is 1. The monoisotopic (exact) mass is 454 g/mol. The van der Waals surface area contributed by atoms with E-state index in [1.807, 2.05) is 66.0 Å². The zero-order chi connectivity index (χ0) is 20.9. The smallest absolute Gasteiger partial charge is 0.264 e. The number of hydrogen-bond donors (Lipinski definition) is 1. The summed E-state index contributed by atoms with van der Waals surface area (Å²) in [6, 6.07) is 22.8. The van der Waals surface area contributed by atoms with E-state index in [1.165, 1.54) is 11.3 Å². The summed E-state index contributed by atoms with van der Waals surface area (Å²) >= 11 is 13.4. The maximum absolute atomic E-state index is 12.4. The summed E-state index contributed by atoms with van der Waals surface area (Å²) in [4.78, 5) is 16.8. The second-order valence-electron chi connectivity index (χ2n) is 6.37. The molecule has 1 N–H and O–H groups in total. The molecule has 0 fully saturated rings. The molecule has 3 aromatic carbocycles. The van der Waals surface area contributed by atoms with Crippen molar-refractivity contribution in [3.8, 4) is 28.1 Å². The van der Waals surface area contributed by atoms with Crippen molar-refractivity contribution >= 4 is 45.6 Å². The number of ether oxygens (including phenoxy) is 1. The lowest BCUT2D eigenvalue weighted by atomic mass is 10.1. The molecule has 1 aromatic heterocycles. The van der Waals surface area contributed by atoms with E-state index in [0.29, 0.717) is 26.6 Å². The molecule has 1 amide bonds. The van der Waals surface area contributed by atoms with Gasteiger partial charge in [0, 0.05) is 16.5 Å². The number of carbonyl (C=O) groups is 1. The molecule has 0 radical (unpaired) electrons. The van der Waals surface area contributed by atoms with Gasteiger partial charge in [-0.3, -0.25) is 10.1 Å². The average Bonchev–Trinajstić information content (AvgIpc) is 3.23. The van der Waals surface area contributed by atoms with Crippen LogP contribution in [-0.4, -0.2) is 17.5 Å². The first-order valence-electron chi connectivity index (χ1n) is 9.08. The van der Waals surface area contributed by atoms with E-state index in [0.717, 1.165) is 16.7 Å². The molecule has 30 heavy (non-hydrogen) atoms. The number of halogens is 2. The largest absolute Gasteiger partial charge is 0.483 e. The van der Waals surface area contributed by atoms with Crippen molar-refractivity contribution in [3.05, 3.63) is 88.2 Å². The third-order valence-electron chi connectivity index (χ3n) is 4.30. The average molecular weight is 455 g/mol. The van der Waals surface area contributed by atoms with Gasteiger partial charge in [-0.2, -0.15) is 0 Å². The normalized spacial score (nSPS) is 10.6. The molecular formula is C23H16Cl2N2O2S. The van der Waals surface area contributed by atoms with E-state index in [1.54, 1.807) is 12.1 Å². The Labute approximate surface area is 188 Å². The minimum absolute atomic E-state index is 0.120. The predicted octanol–water partition coefficient (Wildman–Crippen LogP) is 6.80. The molecule has 0 aliphatic carbocycles. The molecule has 0 aliphatic rings. The zero-order valence-corrected chi connectivity index (χ0v) is 18.0. The van der Waals surface area contributed by atoms with Crippen LogP contribution in [0.4, 0.5) is 5.13 Å². The van der Waals surface area contributed by atoms with Gasteiger partial charge in [0.2, 0.25) is 0 Å². The van der Waals surface area contributed by atoms with Crippen molar-refractivity contribution in [1.82, 2.24) is 4.98 Å². The van der Waals surface area contributed by atoms with Crippen LogP contribution in [0.15, 0.2) is 78.2 Å². The van der Waals surface area contributed by atoms with Crippen molar-refractivity contribution in [3.63, 3.8) is 0 Å². The number of amides is 1. The van der Waals surface area contributed by atoms with Gasteiger partial charge in [0.1, 0.15) is 5.75 Å². The van der Waals surface area contributed by atoms with Gasteiger partial charge in [-0.25, -0.2) is 4.98 Å². The Morgan fingerprint density at radius 1 is 0.933 bits per heavy atom. The Hall–Kier alpha value is -2.86. The molecule has 0 bridgehead atoms. The van der Waals surface area contributed by atoms with Crippen molar-refractivity contribution < 1.29 is 9.53 Å². The van der Waals surface area contributed by atoms with Crippen LogP contribution in [0, 0.1) is 0 Å². The lowest BCUT2D eigenvalue weighted by Crippen LogP contribution is -2.20. The SMILES string of the molecule is O=C(COc1ccccc1-c1ccccc1)Nc1nc(-c2ccc(Cl)c(Cl)c2)cs1. The Morgan fingerprint density at radius 3 is 2.50 bits per heavy atom. The molecule has 4 nitrogen and oxygen atoms in total. The summed E-state index contributed by atoms with van der Waals surface area (Å²) < 4.78 is 5.78. The molecule has 0 saturated carbocycles. The Kier molecular flexibility index (Phi) is 6.33. The van der Waals surface area contributed by atoms with Gasteiger partial charge < -0.3 is 4.74 Å². The molecule has 0 unspecified atom stereocenters. The second kappa shape index (κ2) is 9.30. The Balaban J connectivity index is 1.41. The van der Waals surface area contributed by atoms with Gasteiger partial charge in [-0.05, 0) is 23.8 Å². The number of para-hydroxylation sites is 1. The van der Waals surface area contributed by atoms with E-state index < -0.39 is 0 Å². The van der Waals surface area contributed by atoms with E-state index in [4.69, 9.17) is 27.9 Å². The van der Waals surface area contributed by atoms with Gasteiger partial charge in [0.25, 0.3) is 5.91 Å². The van der Waals surface area contributed by atoms with E-state index in [2.05, 4.69) is 10.3 Å². The van der Waals surface area contributed by atoms with Crippen LogP contribution in [0.25, 0.3) is 22.4 Å². The summed E-state index contributed by atoms with van der Waals surface area (Å²) in [5.41, 5.74) is 3.50. The molecule has 1 heterocycles. The standard InChI is InChI=1S/C23H16Cl2N2O2S/c24-18-11-10-16(12-19(18)25)20-14-30-23(26-20)27-22(28)13-29-21-9-5-4-8-17(21)15-6-2-1-3-7-15/h1-12,14H,13H2,(H,26,27,28). The molecule has 0 saturated heterocycles. The molecule has 0 spiro atoms. The highest BCUT2D eigenvalue weighted by molar-refractivity contribution is 7.14. The summed E-state index contributed by atoms with van der Waals surface area (Å²) in [6.45, 7) is -0.120. The number of rotatable bonds is 6. The van der Waals surface area contributed by atoms with E-state index in [9.17, 15) is 4.79 Å². The number of carbonyl (C=O) groups excluding carboxylic acids is 1. The number of anilines is 1. The van der Waals surface area contributed by atoms with E-state index in [-0.39, 0.29) is 12.5 Å². The van der Waals surface area contributed by atoms with Crippen LogP contribution in [0.1, 0.15) is 0 Å². The third-order valence-corrected chi connectivity index (χ3v) is 5.79. The van der Waals surface area contributed by atoms with Crippen LogP contribution >= 0.6 is 34.5 Å². The number of aromatic nitrogens is 1. The van der Waals surface area contributed by atoms with Gasteiger partial charge in [-0.1, -0.05) is 77.8 Å². The summed E-state index contributed by atoms with van der Waals surface area (Å²) in [5, 5.41) is 6.05. The second-order valence-corrected chi connectivity index (χ2v) is 8.04. The van der Waals surface area contributed by atoms with Crippen LogP contribution in [-0.2, 0) is 4.79 Å². The molecule has 0 atom stereocenters. The third kappa shape index (κ3) is 4.82. The number of hydrogen-bond acceptors (Lipinski definition) is 4. The first-order valence-corrected chi connectivity index (χ1v) is 10.7. The predicted molar refractivity (Wildman–Crippen MR) is 124 cm³/mol. The molecule has 0 aliphatic heterocycles. The Morgan fingerprint density at radius 2 is 1.70 bits per heavy atom. The lowest BCUT2D eigenvalue weighted by Gasteiger charge is -2.11. The molecule has 7 heteroatoms. The minimum Gasteiger partial charge on any atom is -0.483 e. The van der Waals surface area contributed by atoms with Crippen molar-refractivity contribution in [2.75, 3.05) is 11.9 Å². The quantitative estimate of drug-likeness (QED) is 0.348. The zero-order valence-electron chi connectivity index (χ0n) is 15.6. The first kappa shape index (κ1) is 20.4. The highest BCUT2D eigenvalue weighted by Gasteiger charge is 2.12. The van der Waals surface area contributed by atoms with Crippen LogP contribution in [0.5, 0.6) is 5.75 Å². The molecule has 150 valence electrons.